The zero-order valence-electron chi connectivity index (χ0n) is 15.8. The summed E-state index contributed by atoms with van der Waals surface area (Å²) in [5, 5.41) is 3.05. The molecule has 26 heavy (non-hydrogen) atoms. The summed E-state index contributed by atoms with van der Waals surface area (Å²) in [5.41, 5.74) is 0. The molecule has 1 aliphatic rings. The van der Waals surface area contributed by atoms with E-state index in [4.69, 9.17) is 9.47 Å². The highest BCUT2D eigenvalue weighted by molar-refractivity contribution is 5.76. The summed E-state index contributed by atoms with van der Waals surface area (Å²) in [4.78, 5) is 25.7. The monoisotopic (exact) mass is 362 g/mol. The van der Waals surface area contributed by atoms with Crippen molar-refractivity contribution in [2.75, 3.05) is 26.3 Å². The van der Waals surface area contributed by atoms with Crippen LogP contribution in [0.15, 0.2) is 30.3 Å². The Morgan fingerprint density at radius 1 is 1.19 bits per heavy atom. The van der Waals surface area contributed by atoms with Crippen LogP contribution in [0.5, 0.6) is 5.75 Å². The fraction of sp³-hybridized carbons (Fsp3) is 0.600. The molecular formula is C20H30N2O4. The molecule has 2 rings (SSSR count). The topological polar surface area (TPSA) is 67.9 Å². The predicted molar refractivity (Wildman–Crippen MR) is 100 cm³/mol. The van der Waals surface area contributed by atoms with Crippen molar-refractivity contribution in [1.82, 2.24) is 10.2 Å². The van der Waals surface area contributed by atoms with Gasteiger partial charge in [0.2, 0.25) is 5.91 Å². The number of carbonyl (C=O) groups excluding carboxylic acids is 2. The number of hydrogen-bond donors (Lipinski definition) is 1. The second-order valence-electron chi connectivity index (χ2n) is 7.06. The second-order valence-corrected chi connectivity index (χ2v) is 7.06. The molecule has 0 unspecified atom stereocenters. The Bertz CT molecular complexity index is 554. The normalized spacial score (nSPS) is 15.0. The third-order valence-electron chi connectivity index (χ3n) is 4.22. The number of para-hydroxylation sites is 1. The molecule has 0 aromatic heterocycles. The van der Waals surface area contributed by atoms with Gasteiger partial charge < -0.3 is 19.7 Å². The molecule has 1 aliphatic heterocycles. The summed E-state index contributed by atoms with van der Waals surface area (Å²) < 4.78 is 10.8. The number of nitrogens with one attached hydrogen (secondary N) is 1. The van der Waals surface area contributed by atoms with E-state index in [1.54, 1.807) is 4.90 Å². The number of likely N-dealkylation sites (tertiary alicyclic amines) is 1. The predicted octanol–water partition coefficient (Wildman–Crippen LogP) is 3.22. The van der Waals surface area contributed by atoms with E-state index in [1.165, 1.54) is 0 Å². The SMILES string of the molecule is CC(C)COC(=O)N1CCC(NC(=O)CCCOc2ccccc2)CC1. The first-order valence-electron chi connectivity index (χ1n) is 9.43. The molecule has 2 amide bonds. The van der Waals surface area contributed by atoms with Gasteiger partial charge in [0.05, 0.1) is 13.2 Å². The van der Waals surface area contributed by atoms with Crippen molar-refractivity contribution in [2.24, 2.45) is 5.92 Å². The maximum Gasteiger partial charge on any atom is 0.409 e. The zero-order valence-corrected chi connectivity index (χ0v) is 15.8. The van der Waals surface area contributed by atoms with Crippen LogP contribution in [0.3, 0.4) is 0 Å². The van der Waals surface area contributed by atoms with Crippen LogP contribution in [0.4, 0.5) is 4.79 Å². The number of carbonyl (C=O) groups is 2. The van der Waals surface area contributed by atoms with Crippen molar-refractivity contribution in [3.63, 3.8) is 0 Å². The molecule has 1 aromatic rings. The minimum atomic E-state index is -0.249. The van der Waals surface area contributed by atoms with Gasteiger partial charge in [0.25, 0.3) is 0 Å². The van der Waals surface area contributed by atoms with Crippen molar-refractivity contribution in [2.45, 2.75) is 45.6 Å². The van der Waals surface area contributed by atoms with E-state index >= 15 is 0 Å². The average Bonchev–Trinajstić information content (AvgIpc) is 2.65. The molecule has 0 atom stereocenters. The molecule has 1 aromatic carbocycles. The Morgan fingerprint density at radius 2 is 1.88 bits per heavy atom. The Morgan fingerprint density at radius 3 is 2.54 bits per heavy atom. The summed E-state index contributed by atoms with van der Waals surface area (Å²) in [6.45, 7) is 6.25. The smallest absolute Gasteiger partial charge is 0.409 e. The van der Waals surface area contributed by atoms with Gasteiger partial charge in [-0.25, -0.2) is 4.79 Å². The van der Waals surface area contributed by atoms with Crippen LogP contribution in [0.1, 0.15) is 39.5 Å². The minimum Gasteiger partial charge on any atom is -0.494 e. The first kappa shape index (κ1) is 20.1. The zero-order chi connectivity index (χ0) is 18.8. The van der Waals surface area contributed by atoms with Crippen LogP contribution >= 0.6 is 0 Å². The van der Waals surface area contributed by atoms with Gasteiger partial charge in [-0.1, -0.05) is 32.0 Å². The number of ether oxygens (including phenoxy) is 2. The molecule has 1 heterocycles. The molecule has 6 heteroatoms. The Labute approximate surface area is 155 Å². The van der Waals surface area contributed by atoms with Crippen LogP contribution in [0.2, 0.25) is 0 Å². The van der Waals surface area contributed by atoms with Crippen LogP contribution in [-0.2, 0) is 9.53 Å². The minimum absolute atomic E-state index is 0.0440. The lowest BCUT2D eigenvalue weighted by molar-refractivity contribution is -0.122. The summed E-state index contributed by atoms with van der Waals surface area (Å²) in [7, 11) is 0. The number of rotatable bonds is 8. The van der Waals surface area contributed by atoms with Gasteiger partial charge in [-0.3, -0.25) is 4.79 Å². The van der Waals surface area contributed by atoms with Gasteiger partial charge in [0, 0.05) is 25.6 Å². The lowest BCUT2D eigenvalue weighted by atomic mass is 10.1. The van der Waals surface area contributed by atoms with Crippen LogP contribution in [0.25, 0.3) is 0 Å². The standard InChI is InChI=1S/C20H30N2O4/c1-16(2)15-26-20(24)22-12-10-17(11-13-22)21-19(23)9-6-14-25-18-7-4-3-5-8-18/h3-5,7-8,16-17H,6,9-15H2,1-2H3,(H,21,23). The molecular weight excluding hydrogens is 332 g/mol. The van der Waals surface area contributed by atoms with Crippen molar-refractivity contribution in [3.8, 4) is 5.75 Å². The molecule has 1 fully saturated rings. The number of benzene rings is 1. The third-order valence-corrected chi connectivity index (χ3v) is 4.22. The van der Waals surface area contributed by atoms with Gasteiger partial charge in [0.1, 0.15) is 5.75 Å². The van der Waals surface area contributed by atoms with Crippen molar-refractivity contribution < 1.29 is 19.1 Å². The van der Waals surface area contributed by atoms with E-state index < -0.39 is 0 Å². The highest BCUT2D eigenvalue weighted by atomic mass is 16.6. The molecule has 0 aliphatic carbocycles. The van der Waals surface area contributed by atoms with Gasteiger partial charge >= 0.3 is 6.09 Å². The van der Waals surface area contributed by atoms with Gasteiger partial charge in [-0.2, -0.15) is 0 Å². The number of nitrogens with zero attached hydrogens (tertiary/aromatic N) is 1. The Balaban J connectivity index is 1.57. The highest BCUT2D eigenvalue weighted by Crippen LogP contribution is 2.13. The lowest BCUT2D eigenvalue weighted by Gasteiger charge is -2.31. The first-order valence-corrected chi connectivity index (χ1v) is 9.43. The number of amides is 2. The molecule has 0 saturated carbocycles. The highest BCUT2D eigenvalue weighted by Gasteiger charge is 2.24. The lowest BCUT2D eigenvalue weighted by Crippen LogP contribution is -2.46. The molecule has 0 radical (unpaired) electrons. The third kappa shape index (κ3) is 7.33. The summed E-state index contributed by atoms with van der Waals surface area (Å²) in [6.07, 6.45) is 2.41. The second kappa shape index (κ2) is 10.7. The van der Waals surface area contributed by atoms with E-state index in [1.807, 2.05) is 44.2 Å². The van der Waals surface area contributed by atoms with Crippen molar-refractivity contribution in [3.05, 3.63) is 30.3 Å². The van der Waals surface area contributed by atoms with Gasteiger partial charge in [-0.05, 0) is 37.3 Å². The maximum absolute atomic E-state index is 12.0. The Hall–Kier alpha value is -2.24. The molecule has 0 spiro atoms. The van der Waals surface area contributed by atoms with Crippen LogP contribution in [-0.4, -0.2) is 49.2 Å². The first-order chi connectivity index (χ1) is 12.5. The van der Waals surface area contributed by atoms with Gasteiger partial charge in [-0.15, -0.1) is 0 Å². The fourth-order valence-corrected chi connectivity index (χ4v) is 2.77. The molecule has 6 nitrogen and oxygen atoms in total. The van der Waals surface area contributed by atoms with Crippen LogP contribution < -0.4 is 10.1 Å². The number of piperidine rings is 1. The Kier molecular flexibility index (Phi) is 8.25. The maximum atomic E-state index is 12.0. The molecule has 1 saturated heterocycles. The largest absolute Gasteiger partial charge is 0.494 e. The van der Waals surface area contributed by atoms with E-state index in [0.717, 1.165) is 18.6 Å². The van der Waals surface area contributed by atoms with E-state index in [-0.39, 0.29) is 18.0 Å². The summed E-state index contributed by atoms with van der Waals surface area (Å²) in [5.74, 6) is 1.20. The fourth-order valence-electron chi connectivity index (χ4n) is 2.77. The van der Waals surface area contributed by atoms with Crippen LogP contribution in [0, 0.1) is 5.92 Å². The van der Waals surface area contributed by atoms with E-state index in [2.05, 4.69) is 5.32 Å². The van der Waals surface area contributed by atoms with Crippen molar-refractivity contribution in [1.29, 1.82) is 0 Å². The average molecular weight is 362 g/mol. The summed E-state index contributed by atoms with van der Waals surface area (Å²) >= 11 is 0. The summed E-state index contributed by atoms with van der Waals surface area (Å²) in [6, 6.07) is 9.72. The quantitative estimate of drug-likeness (QED) is 0.721. The molecule has 1 N–H and O–H groups in total. The van der Waals surface area contributed by atoms with E-state index in [9.17, 15) is 9.59 Å². The molecule has 0 bridgehead atoms. The molecule has 144 valence electrons. The van der Waals surface area contributed by atoms with Gasteiger partial charge in [0.15, 0.2) is 0 Å². The van der Waals surface area contributed by atoms with Crippen molar-refractivity contribution >= 4 is 12.0 Å². The van der Waals surface area contributed by atoms with E-state index in [0.29, 0.717) is 45.1 Å². The number of hydrogen-bond acceptors (Lipinski definition) is 4.